The van der Waals surface area contributed by atoms with Gasteiger partial charge in [-0.1, -0.05) is 18.2 Å². The van der Waals surface area contributed by atoms with Gasteiger partial charge in [0.05, 0.1) is 11.6 Å². The second-order valence-corrected chi connectivity index (χ2v) is 4.24. The Labute approximate surface area is 105 Å². The highest BCUT2D eigenvalue weighted by molar-refractivity contribution is 5.87. The number of hydrogen-bond acceptors (Lipinski definition) is 2. The second kappa shape index (κ2) is 4.05. The number of furan rings is 1. The molecule has 0 atom stereocenters. The smallest absolute Gasteiger partial charge is 0.138 e. The Bertz CT molecular complexity index is 745. The Morgan fingerprint density at radius 3 is 2.39 bits per heavy atom. The monoisotopic (exact) mass is 233 g/mol. The summed E-state index contributed by atoms with van der Waals surface area (Å²) in [6.07, 6.45) is 0. The standard InChI is InChI=1S/C16H11NO/c1-11-14-4-2-3-5-15(14)18-16(11)13-8-6-12(10-17)7-9-13/h2-9H,1H3. The SMILES string of the molecule is Cc1c(-c2ccc(C#N)cc2)oc2ccccc12. The zero-order valence-electron chi connectivity index (χ0n) is 9.97. The van der Waals surface area contributed by atoms with Gasteiger partial charge in [0.1, 0.15) is 11.3 Å². The molecule has 0 aliphatic rings. The minimum Gasteiger partial charge on any atom is -0.456 e. The van der Waals surface area contributed by atoms with Crippen LogP contribution in [-0.4, -0.2) is 0 Å². The van der Waals surface area contributed by atoms with Crippen LogP contribution in [0.4, 0.5) is 0 Å². The summed E-state index contributed by atoms with van der Waals surface area (Å²) in [5.41, 5.74) is 3.69. The van der Waals surface area contributed by atoms with E-state index in [1.54, 1.807) is 0 Å². The largest absolute Gasteiger partial charge is 0.456 e. The van der Waals surface area contributed by atoms with Crippen LogP contribution < -0.4 is 0 Å². The van der Waals surface area contributed by atoms with Crippen LogP contribution >= 0.6 is 0 Å². The van der Waals surface area contributed by atoms with E-state index in [-0.39, 0.29) is 0 Å². The van der Waals surface area contributed by atoms with Gasteiger partial charge in [0.15, 0.2) is 0 Å². The van der Waals surface area contributed by atoms with E-state index >= 15 is 0 Å². The Balaban J connectivity index is 2.19. The van der Waals surface area contributed by atoms with Crippen molar-refractivity contribution in [2.75, 3.05) is 0 Å². The lowest BCUT2D eigenvalue weighted by Gasteiger charge is -1.98. The molecule has 1 aromatic heterocycles. The van der Waals surface area contributed by atoms with Gasteiger partial charge in [-0.2, -0.15) is 5.26 Å². The molecule has 2 heteroatoms. The molecule has 0 N–H and O–H groups in total. The Hall–Kier alpha value is -2.53. The number of fused-ring (bicyclic) bond motifs is 1. The Morgan fingerprint density at radius 2 is 1.72 bits per heavy atom. The molecule has 0 saturated carbocycles. The zero-order valence-corrected chi connectivity index (χ0v) is 9.97. The maximum atomic E-state index is 8.79. The van der Waals surface area contributed by atoms with E-state index in [2.05, 4.69) is 19.1 Å². The lowest BCUT2D eigenvalue weighted by Crippen LogP contribution is -1.79. The van der Waals surface area contributed by atoms with Crippen molar-refractivity contribution < 1.29 is 4.42 Å². The third-order valence-corrected chi connectivity index (χ3v) is 3.12. The average Bonchev–Trinajstić information content (AvgIpc) is 2.77. The molecule has 0 aliphatic carbocycles. The quantitative estimate of drug-likeness (QED) is 0.629. The van der Waals surface area contributed by atoms with Gasteiger partial charge in [-0.3, -0.25) is 0 Å². The lowest BCUT2D eigenvalue weighted by molar-refractivity contribution is 0.629. The summed E-state index contributed by atoms with van der Waals surface area (Å²) in [5, 5.41) is 9.93. The maximum Gasteiger partial charge on any atom is 0.138 e. The van der Waals surface area contributed by atoms with Crippen molar-refractivity contribution in [2.24, 2.45) is 0 Å². The molecule has 86 valence electrons. The van der Waals surface area contributed by atoms with Crippen LogP contribution in [0.25, 0.3) is 22.3 Å². The van der Waals surface area contributed by atoms with Crippen LogP contribution in [-0.2, 0) is 0 Å². The maximum absolute atomic E-state index is 8.79. The van der Waals surface area contributed by atoms with Crippen molar-refractivity contribution in [3.8, 4) is 17.4 Å². The number of aryl methyl sites for hydroxylation is 1. The number of benzene rings is 2. The van der Waals surface area contributed by atoms with Crippen LogP contribution in [0.15, 0.2) is 52.9 Å². The van der Waals surface area contributed by atoms with Crippen molar-refractivity contribution in [1.82, 2.24) is 0 Å². The van der Waals surface area contributed by atoms with Gasteiger partial charge in [0.25, 0.3) is 0 Å². The predicted octanol–water partition coefficient (Wildman–Crippen LogP) is 4.28. The minimum absolute atomic E-state index is 0.660. The fourth-order valence-corrected chi connectivity index (χ4v) is 2.15. The molecule has 3 aromatic rings. The number of rotatable bonds is 1. The van der Waals surface area contributed by atoms with E-state index in [1.807, 2.05) is 42.5 Å². The molecule has 0 aliphatic heterocycles. The van der Waals surface area contributed by atoms with Crippen LogP contribution in [0.1, 0.15) is 11.1 Å². The third kappa shape index (κ3) is 1.57. The molecule has 0 fully saturated rings. The predicted molar refractivity (Wildman–Crippen MR) is 71.1 cm³/mol. The topological polar surface area (TPSA) is 36.9 Å². The van der Waals surface area contributed by atoms with E-state index in [9.17, 15) is 0 Å². The van der Waals surface area contributed by atoms with Crippen LogP contribution in [0, 0.1) is 18.3 Å². The molecule has 18 heavy (non-hydrogen) atoms. The van der Waals surface area contributed by atoms with Gasteiger partial charge in [0, 0.05) is 16.5 Å². The van der Waals surface area contributed by atoms with E-state index in [0.717, 1.165) is 27.9 Å². The van der Waals surface area contributed by atoms with Crippen molar-refractivity contribution in [2.45, 2.75) is 6.92 Å². The normalized spacial score (nSPS) is 10.4. The van der Waals surface area contributed by atoms with E-state index in [1.165, 1.54) is 0 Å². The second-order valence-electron chi connectivity index (χ2n) is 4.24. The number of nitrogens with zero attached hydrogens (tertiary/aromatic N) is 1. The first-order valence-corrected chi connectivity index (χ1v) is 5.78. The molecule has 0 saturated heterocycles. The highest BCUT2D eigenvalue weighted by Crippen LogP contribution is 2.32. The molecule has 2 nitrogen and oxygen atoms in total. The number of nitriles is 1. The summed E-state index contributed by atoms with van der Waals surface area (Å²) in [6.45, 7) is 2.05. The van der Waals surface area contributed by atoms with Crippen molar-refractivity contribution in [3.05, 3.63) is 59.7 Å². The number of hydrogen-bond donors (Lipinski definition) is 0. The molecule has 0 radical (unpaired) electrons. The van der Waals surface area contributed by atoms with Gasteiger partial charge in [-0.25, -0.2) is 0 Å². The molecule has 3 rings (SSSR count). The first-order chi connectivity index (χ1) is 8.79. The fraction of sp³-hybridized carbons (Fsp3) is 0.0625. The van der Waals surface area contributed by atoms with Gasteiger partial charge in [-0.05, 0) is 37.3 Å². The summed E-state index contributed by atoms with van der Waals surface area (Å²) < 4.78 is 5.88. The van der Waals surface area contributed by atoms with Gasteiger partial charge >= 0.3 is 0 Å². The molecule has 2 aromatic carbocycles. The first-order valence-electron chi connectivity index (χ1n) is 5.78. The summed E-state index contributed by atoms with van der Waals surface area (Å²) in [4.78, 5) is 0. The number of para-hydroxylation sites is 1. The van der Waals surface area contributed by atoms with E-state index in [0.29, 0.717) is 5.56 Å². The Kier molecular flexibility index (Phi) is 2.39. The molecular weight excluding hydrogens is 222 g/mol. The summed E-state index contributed by atoms with van der Waals surface area (Å²) in [6, 6.07) is 17.6. The molecule has 0 unspecified atom stereocenters. The highest BCUT2D eigenvalue weighted by atomic mass is 16.3. The van der Waals surface area contributed by atoms with Crippen molar-refractivity contribution >= 4 is 11.0 Å². The third-order valence-electron chi connectivity index (χ3n) is 3.12. The fourth-order valence-electron chi connectivity index (χ4n) is 2.15. The van der Waals surface area contributed by atoms with Crippen molar-refractivity contribution in [3.63, 3.8) is 0 Å². The van der Waals surface area contributed by atoms with Gasteiger partial charge in [-0.15, -0.1) is 0 Å². The molecule has 0 spiro atoms. The van der Waals surface area contributed by atoms with E-state index < -0.39 is 0 Å². The highest BCUT2D eigenvalue weighted by Gasteiger charge is 2.11. The Morgan fingerprint density at radius 1 is 1.00 bits per heavy atom. The summed E-state index contributed by atoms with van der Waals surface area (Å²) in [7, 11) is 0. The molecule has 0 amide bonds. The van der Waals surface area contributed by atoms with Gasteiger partial charge < -0.3 is 4.42 Å². The molecular formula is C16H11NO. The van der Waals surface area contributed by atoms with Crippen LogP contribution in [0.3, 0.4) is 0 Å². The molecule has 1 heterocycles. The first kappa shape index (κ1) is 10.6. The van der Waals surface area contributed by atoms with Crippen molar-refractivity contribution in [1.29, 1.82) is 5.26 Å². The summed E-state index contributed by atoms with van der Waals surface area (Å²) >= 11 is 0. The lowest BCUT2D eigenvalue weighted by atomic mass is 10.1. The zero-order chi connectivity index (χ0) is 12.5. The molecule has 0 bridgehead atoms. The summed E-state index contributed by atoms with van der Waals surface area (Å²) in [5.74, 6) is 0.876. The van der Waals surface area contributed by atoms with Crippen LogP contribution in [0.2, 0.25) is 0 Å². The van der Waals surface area contributed by atoms with E-state index in [4.69, 9.17) is 9.68 Å². The minimum atomic E-state index is 0.660. The van der Waals surface area contributed by atoms with Gasteiger partial charge in [0.2, 0.25) is 0 Å². The average molecular weight is 233 g/mol. The van der Waals surface area contributed by atoms with Crippen LogP contribution in [0.5, 0.6) is 0 Å².